The van der Waals surface area contributed by atoms with E-state index < -0.39 is 22.8 Å². The maximum absolute atomic E-state index is 14.0. The summed E-state index contributed by atoms with van der Waals surface area (Å²) in [6, 6.07) is 29.7. The van der Waals surface area contributed by atoms with Gasteiger partial charge in [0.15, 0.2) is 12.3 Å². The predicted octanol–water partition coefficient (Wildman–Crippen LogP) is 7.86. The van der Waals surface area contributed by atoms with Crippen molar-refractivity contribution in [2.75, 3.05) is 4.90 Å². The van der Waals surface area contributed by atoms with Gasteiger partial charge in [0.2, 0.25) is 11.5 Å². The van der Waals surface area contributed by atoms with Crippen LogP contribution >= 0.6 is 0 Å². The molecule has 8 nitrogen and oxygen atoms in total. The molecule has 0 aromatic heterocycles. The first kappa shape index (κ1) is 32.5. The second-order valence-electron chi connectivity index (χ2n) is 14.0. The number of aliphatic hydroxyl groups excluding tert-OH is 1. The number of benzene rings is 4. The number of carboxylic acid groups (broad SMARTS) is 2. The molecular formula is C42H37N2O6+. The van der Waals surface area contributed by atoms with Gasteiger partial charge in [-0.05, 0) is 61.4 Å². The van der Waals surface area contributed by atoms with Crippen molar-refractivity contribution < 1.29 is 34.3 Å². The van der Waals surface area contributed by atoms with E-state index in [9.17, 15) is 29.7 Å². The summed E-state index contributed by atoms with van der Waals surface area (Å²) in [7, 11) is 0. The molecule has 1 aliphatic carbocycles. The zero-order chi connectivity index (χ0) is 35.5. The Hall–Kier alpha value is -6.02. The van der Waals surface area contributed by atoms with Crippen LogP contribution in [-0.2, 0) is 28.7 Å². The lowest BCUT2D eigenvalue weighted by Crippen LogP contribution is -2.32. The molecular weight excluding hydrogens is 628 g/mol. The fourth-order valence-corrected chi connectivity index (χ4v) is 7.40. The number of aromatic carboxylic acids is 2. The quantitative estimate of drug-likeness (QED) is 0.130. The zero-order valence-electron chi connectivity index (χ0n) is 28.3. The standard InChI is InChI=1S/C42H36N2O6/c1-41(2)31-9-5-7-11-33(31)43(23-25-13-17-27(18-14-25)39(47)48)35(41)21-29-37(45)30(38(29)46)22-36-42(3,4)32-10-6-8-12-34(32)44(36)24-26-15-19-28(20-16-26)40(49)50/h5-22H,23-24H2,1-4H3,(H2-,45,46,47,48,49,50)/p+1. The Kier molecular flexibility index (Phi) is 7.70. The Bertz CT molecular complexity index is 2230. The monoisotopic (exact) mass is 665 g/mol. The van der Waals surface area contributed by atoms with Crippen LogP contribution in [0.4, 0.5) is 11.4 Å². The molecule has 4 aromatic rings. The predicted molar refractivity (Wildman–Crippen MR) is 191 cm³/mol. The number of Topliss-reactive ketones (excluding diaryl/α,β-unsaturated/α-hetero) is 1. The average molecular weight is 666 g/mol. The number of carboxylic acids is 2. The number of nitrogens with zero attached hydrogens (tertiary/aromatic N) is 2. The largest absolute Gasteiger partial charge is 0.506 e. The summed E-state index contributed by atoms with van der Waals surface area (Å²) in [4.78, 5) is 39.0. The second kappa shape index (κ2) is 11.8. The third-order valence-corrected chi connectivity index (χ3v) is 10.2. The van der Waals surface area contributed by atoms with Gasteiger partial charge >= 0.3 is 11.9 Å². The highest BCUT2D eigenvalue weighted by Gasteiger charge is 2.47. The van der Waals surface area contributed by atoms with Gasteiger partial charge in [-0.1, -0.05) is 74.5 Å². The highest BCUT2D eigenvalue weighted by Crippen LogP contribution is 2.50. The van der Waals surface area contributed by atoms with Crippen molar-refractivity contribution in [1.82, 2.24) is 0 Å². The Morgan fingerprint density at radius 1 is 0.720 bits per heavy atom. The molecule has 8 heteroatoms. The number of carbonyl (C=O) groups excluding carboxylic acids is 1. The third kappa shape index (κ3) is 5.24. The molecule has 0 saturated carbocycles. The number of fused-ring (bicyclic) bond motifs is 2. The summed E-state index contributed by atoms with van der Waals surface area (Å²) in [5.41, 5.74) is 7.59. The van der Waals surface area contributed by atoms with Gasteiger partial charge in [-0.25, -0.2) is 9.59 Å². The Morgan fingerprint density at radius 2 is 1.28 bits per heavy atom. The van der Waals surface area contributed by atoms with Crippen LogP contribution in [0.25, 0.3) is 0 Å². The molecule has 0 fully saturated rings. The van der Waals surface area contributed by atoms with Crippen LogP contribution in [0.3, 0.4) is 0 Å². The molecule has 3 aliphatic rings. The maximum atomic E-state index is 14.0. The summed E-state index contributed by atoms with van der Waals surface area (Å²) < 4.78 is 2.13. The van der Waals surface area contributed by atoms with E-state index in [0.717, 1.165) is 45.0 Å². The number of aliphatic hydroxyl groups is 1. The molecule has 2 heterocycles. The van der Waals surface area contributed by atoms with Gasteiger partial charge in [-0.2, -0.15) is 4.58 Å². The molecule has 0 radical (unpaired) electrons. The van der Waals surface area contributed by atoms with Crippen LogP contribution in [0.2, 0.25) is 0 Å². The second-order valence-corrected chi connectivity index (χ2v) is 14.0. The minimum atomic E-state index is -0.986. The number of para-hydroxylation sites is 2. The normalized spacial score (nSPS) is 18.8. The van der Waals surface area contributed by atoms with Crippen LogP contribution in [-0.4, -0.2) is 43.3 Å². The summed E-state index contributed by atoms with van der Waals surface area (Å²) in [5, 5.41) is 30.3. The molecule has 2 aliphatic heterocycles. The van der Waals surface area contributed by atoms with Gasteiger partial charge in [0.05, 0.1) is 27.7 Å². The van der Waals surface area contributed by atoms with Crippen LogP contribution in [0.5, 0.6) is 0 Å². The number of hydrogen-bond donors (Lipinski definition) is 3. The summed E-state index contributed by atoms with van der Waals surface area (Å²) in [6.45, 7) is 9.28. The number of anilines is 1. The van der Waals surface area contributed by atoms with Gasteiger partial charge in [-0.3, -0.25) is 4.79 Å². The van der Waals surface area contributed by atoms with Crippen LogP contribution in [0.15, 0.2) is 132 Å². The lowest BCUT2D eigenvalue weighted by atomic mass is 9.77. The van der Waals surface area contributed by atoms with E-state index in [1.807, 2.05) is 36.4 Å². The SMILES string of the molecule is CC1(C)C(/C=C2/C(=O)C(/C=C3\N(Cc4ccc(C(=O)O)cc4)c4ccccc4C3(C)C)=C2O)=[N+](Cc2ccc(C(=O)O)cc2)c2ccccc21. The number of hydrogen-bond acceptors (Lipinski definition) is 5. The summed E-state index contributed by atoms with van der Waals surface area (Å²) in [5.74, 6) is -2.29. The number of carbonyl (C=O) groups is 3. The van der Waals surface area contributed by atoms with Crippen molar-refractivity contribution in [2.24, 2.45) is 0 Å². The summed E-state index contributed by atoms with van der Waals surface area (Å²) >= 11 is 0. The molecule has 0 bridgehead atoms. The molecule has 7 rings (SSSR count). The molecule has 4 aromatic carbocycles. The van der Waals surface area contributed by atoms with E-state index in [2.05, 4.69) is 49.3 Å². The van der Waals surface area contributed by atoms with Gasteiger partial charge in [0.25, 0.3) is 0 Å². The minimum absolute atomic E-state index is 0.0648. The fourth-order valence-electron chi connectivity index (χ4n) is 7.40. The van der Waals surface area contributed by atoms with Gasteiger partial charge in [0, 0.05) is 46.6 Å². The van der Waals surface area contributed by atoms with Gasteiger partial charge < -0.3 is 20.2 Å². The van der Waals surface area contributed by atoms with Crippen molar-refractivity contribution in [2.45, 2.75) is 51.6 Å². The molecule has 50 heavy (non-hydrogen) atoms. The van der Waals surface area contributed by atoms with Gasteiger partial charge in [0.1, 0.15) is 5.76 Å². The minimum Gasteiger partial charge on any atom is -0.506 e. The molecule has 0 amide bonds. The van der Waals surface area contributed by atoms with Crippen molar-refractivity contribution in [3.05, 3.63) is 165 Å². The van der Waals surface area contributed by atoms with Crippen molar-refractivity contribution in [3.8, 4) is 0 Å². The third-order valence-electron chi connectivity index (χ3n) is 10.2. The fraction of sp³-hybridized carbons (Fsp3) is 0.190. The first-order valence-corrected chi connectivity index (χ1v) is 16.5. The Labute approximate surface area is 290 Å². The van der Waals surface area contributed by atoms with Crippen molar-refractivity contribution in [3.63, 3.8) is 0 Å². The topological polar surface area (TPSA) is 118 Å². The summed E-state index contributed by atoms with van der Waals surface area (Å²) in [6.07, 6.45) is 3.59. The van der Waals surface area contributed by atoms with E-state index in [-0.39, 0.29) is 33.8 Å². The van der Waals surface area contributed by atoms with E-state index >= 15 is 0 Å². The van der Waals surface area contributed by atoms with E-state index in [0.29, 0.717) is 13.1 Å². The van der Waals surface area contributed by atoms with Crippen LogP contribution < -0.4 is 4.90 Å². The maximum Gasteiger partial charge on any atom is 0.335 e. The lowest BCUT2D eigenvalue weighted by Gasteiger charge is -2.29. The van der Waals surface area contributed by atoms with Crippen molar-refractivity contribution >= 4 is 34.8 Å². The van der Waals surface area contributed by atoms with Crippen LogP contribution in [0, 0.1) is 0 Å². The average Bonchev–Trinajstić information content (AvgIpc) is 3.44. The molecule has 0 unspecified atom stereocenters. The van der Waals surface area contributed by atoms with Crippen LogP contribution in [0.1, 0.15) is 70.7 Å². The molecule has 0 saturated heterocycles. The highest BCUT2D eigenvalue weighted by atomic mass is 16.4. The number of ketones is 1. The molecule has 0 atom stereocenters. The first-order chi connectivity index (χ1) is 23.8. The molecule has 3 N–H and O–H groups in total. The Balaban J connectivity index is 1.29. The van der Waals surface area contributed by atoms with Crippen molar-refractivity contribution in [1.29, 1.82) is 0 Å². The van der Waals surface area contributed by atoms with E-state index in [1.54, 1.807) is 60.7 Å². The van der Waals surface area contributed by atoms with E-state index in [4.69, 9.17) is 0 Å². The smallest absolute Gasteiger partial charge is 0.335 e. The highest BCUT2D eigenvalue weighted by molar-refractivity contribution is 6.24. The van der Waals surface area contributed by atoms with E-state index in [1.165, 1.54) is 0 Å². The lowest BCUT2D eigenvalue weighted by molar-refractivity contribution is -0.455. The Morgan fingerprint density at radius 3 is 1.88 bits per heavy atom. The number of allylic oxidation sites excluding steroid dienone is 5. The molecule has 250 valence electrons. The first-order valence-electron chi connectivity index (χ1n) is 16.5. The molecule has 0 spiro atoms. The van der Waals surface area contributed by atoms with Gasteiger partial charge in [-0.15, -0.1) is 0 Å². The number of rotatable bonds is 8. The zero-order valence-corrected chi connectivity index (χ0v) is 28.3.